The number of carbonyl (C=O) groups is 1. The van der Waals surface area contributed by atoms with E-state index in [0.717, 1.165) is 4.57 Å². The van der Waals surface area contributed by atoms with Crippen molar-refractivity contribution in [2.75, 3.05) is 0 Å². The first-order chi connectivity index (χ1) is 6.00. The minimum absolute atomic E-state index is 0.339. The molecule has 0 radical (unpaired) electrons. The van der Waals surface area contributed by atoms with Crippen LogP contribution in [-0.4, -0.2) is 20.6 Å². The lowest BCUT2D eigenvalue weighted by Gasteiger charge is -2.01. The second-order valence-electron chi connectivity index (χ2n) is 2.59. The van der Waals surface area contributed by atoms with Crippen LogP contribution in [0.25, 0.3) is 0 Å². The molecule has 13 heavy (non-hydrogen) atoms. The molecule has 0 aliphatic heterocycles. The summed E-state index contributed by atoms with van der Waals surface area (Å²) >= 11 is 4.80. The fourth-order valence-electron chi connectivity index (χ4n) is 0.882. The lowest BCUT2D eigenvalue weighted by Crippen LogP contribution is -2.26. The summed E-state index contributed by atoms with van der Waals surface area (Å²) in [4.78, 5) is 23.8. The van der Waals surface area contributed by atoms with Gasteiger partial charge in [-0.3, -0.25) is 14.3 Å². The van der Waals surface area contributed by atoms with Crippen molar-refractivity contribution in [3.63, 3.8) is 0 Å². The molecule has 0 bridgehead atoms. The highest BCUT2D eigenvalue weighted by Gasteiger charge is 2.02. The molecule has 0 aliphatic rings. The van der Waals surface area contributed by atoms with E-state index in [2.05, 4.69) is 4.98 Å². The van der Waals surface area contributed by atoms with Crippen LogP contribution >= 0.6 is 12.2 Å². The molecule has 0 spiro atoms. The number of carboxylic acid groups (broad SMARTS) is 1. The van der Waals surface area contributed by atoms with Crippen LogP contribution < -0.4 is 5.69 Å². The predicted octanol–water partition coefficient (Wildman–Crippen LogP) is 0.299. The molecule has 1 aromatic heterocycles. The third-order valence-corrected chi connectivity index (χ3v) is 1.92. The number of nitrogens with one attached hydrogen (secondary N) is 1. The standard InChI is InChI=1S/C7H8N2O3S/c1-4-2-9(3-5(10)11)7(12)8-6(4)13/h2H,3H2,1H3,(H,10,11)(H,8,12,13). The van der Waals surface area contributed by atoms with E-state index in [0.29, 0.717) is 10.2 Å². The summed E-state index contributed by atoms with van der Waals surface area (Å²) < 4.78 is 1.40. The van der Waals surface area contributed by atoms with E-state index in [1.165, 1.54) is 6.20 Å². The first-order valence-electron chi connectivity index (χ1n) is 3.53. The Hall–Kier alpha value is -1.43. The Morgan fingerprint density at radius 1 is 1.77 bits per heavy atom. The molecule has 70 valence electrons. The molecule has 0 atom stereocenters. The molecule has 1 rings (SSSR count). The first-order valence-corrected chi connectivity index (χ1v) is 3.93. The van der Waals surface area contributed by atoms with Crippen molar-refractivity contribution in [2.24, 2.45) is 0 Å². The van der Waals surface area contributed by atoms with E-state index < -0.39 is 11.7 Å². The number of carboxylic acids is 1. The van der Waals surface area contributed by atoms with Crippen LogP contribution in [0.3, 0.4) is 0 Å². The fraction of sp³-hybridized carbons (Fsp3) is 0.286. The average Bonchev–Trinajstić information content (AvgIpc) is 1.99. The summed E-state index contributed by atoms with van der Waals surface area (Å²) in [5, 5.41) is 8.45. The highest BCUT2D eigenvalue weighted by molar-refractivity contribution is 7.71. The molecular weight excluding hydrogens is 192 g/mol. The SMILES string of the molecule is Cc1cn(CC(=O)O)c(=O)[nH]c1=S. The van der Waals surface area contributed by atoms with Crippen molar-refractivity contribution in [1.29, 1.82) is 0 Å². The zero-order valence-corrected chi connectivity index (χ0v) is 7.72. The third kappa shape index (κ3) is 2.25. The summed E-state index contributed by atoms with van der Waals surface area (Å²) in [7, 11) is 0. The van der Waals surface area contributed by atoms with Crippen LogP contribution in [0.5, 0.6) is 0 Å². The molecule has 0 aromatic carbocycles. The van der Waals surface area contributed by atoms with E-state index >= 15 is 0 Å². The van der Waals surface area contributed by atoms with Crippen LogP contribution in [0.1, 0.15) is 5.56 Å². The molecule has 1 heterocycles. The van der Waals surface area contributed by atoms with E-state index in [1.807, 2.05) is 0 Å². The third-order valence-electron chi connectivity index (χ3n) is 1.49. The quantitative estimate of drug-likeness (QED) is 0.673. The number of H-pyrrole nitrogens is 1. The molecule has 0 amide bonds. The van der Waals surface area contributed by atoms with Gasteiger partial charge in [-0.05, 0) is 6.92 Å². The molecule has 0 aliphatic carbocycles. The topological polar surface area (TPSA) is 75.1 Å². The van der Waals surface area contributed by atoms with Gasteiger partial charge in [-0.2, -0.15) is 0 Å². The summed E-state index contributed by atoms with van der Waals surface area (Å²) in [6, 6.07) is 0. The van der Waals surface area contributed by atoms with Crippen molar-refractivity contribution in [3.05, 3.63) is 26.9 Å². The van der Waals surface area contributed by atoms with Gasteiger partial charge in [-0.15, -0.1) is 0 Å². The normalized spacial score (nSPS) is 9.92. The molecule has 0 unspecified atom stereocenters. The molecule has 6 heteroatoms. The summed E-state index contributed by atoms with van der Waals surface area (Å²) in [5.74, 6) is -1.06. The van der Waals surface area contributed by atoms with Crippen LogP contribution in [-0.2, 0) is 11.3 Å². The maximum Gasteiger partial charge on any atom is 0.327 e. The highest BCUT2D eigenvalue weighted by Crippen LogP contribution is 1.93. The van der Waals surface area contributed by atoms with Gasteiger partial charge in [0.2, 0.25) is 0 Å². The van der Waals surface area contributed by atoms with Gasteiger partial charge in [0.1, 0.15) is 11.2 Å². The Morgan fingerprint density at radius 3 is 2.92 bits per heavy atom. The predicted molar refractivity (Wildman–Crippen MR) is 48.3 cm³/mol. The molecule has 0 saturated heterocycles. The van der Waals surface area contributed by atoms with Crippen molar-refractivity contribution >= 4 is 18.2 Å². The van der Waals surface area contributed by atoms with Gasteiger partial charge in [0.25, 0.3) is 0 Å². The Balaban J connectivity index is 3.24. The van der Waals surface area contributed by atoms with E-state index in [9.17, 15) is 9.59 Å². The van der Waals surface area contributed by atoms with Crippen molar-refractivity contribution in [1.82, 2.24) is 9.55 Å². The first kappa shape index (κ1) is 9.66. The highest BCUT2D eigenvalue weighted by atomic mass is 32.1. The Labute approximate surface area is 78.7 Å². The van der Waals surface area contributed by atoms with Gasteiger partial charge < -0.3 is 5.11 Å². The maximum absolute atomic E-state index is 11.1. The van der Waals surface area contributed by atoms with E-state index in [-0.39, 0.29) is 6.54 Å². The number of aryl methyl sites for hydroxylation is 1. The number of aliphatic carboxylic acids is 1. The van der Waals surface area contributed by atoms with Crippen molar-refractivity contribution in [3.8, 4) is 0 Å². The van der Waals surface area contributed by atoms with Crippen LogP contribution in [0.15, 0.2) is 11.0 Å². The molecule has 0 saturated carbocycles. The number of rotatable bonds is 2. The second-order valence-corrected chi connectivity index (χ2v) is 3.00. The lowest BCUT2D eigenvalue weighted by molar-refractivity contribution is -0.137. The van der Waals surface area contributed by atoms with Gasteiger partial charge in [0.15, 0.2) is 0 Å². The fourth-order valence-corrected chi connectivity index (χ4v) is 1.02. The van der Waals surface area contributed by atoms with Gasteiger partial charge in [-0.25, -0.2) is 4.79 Å². The Kier molecular flexibility index (Phi) is 2.62. The lowest BCUT2D eigenvalue weighted by atomic mass is 10.4. The molecule has 0 fully saturated rings. The van der Waals surface area contributed by atoms with Crippen LogP contribution in [0.2, 0.25) is 0 Å². The summed E-state index contributed by atoms with van der Waals surface area (Å²) in [6.07, 6.45) is 1.43. The molecule has 1 aromatic rings. The number of aromatic nitrogens is 2. The number of hydrogen-bond acceptors (Lipinski definition) is 3. The summed E-state index contributed by atoms with van der Waals surface area (Å²) in [6.45, 7) is 1.35. The van der Waals surface area contributed by atoms with E-state index in [1.54, 1.807) is 6.92 Å². The Bertz CT molecular complexity index is 446. The van der Waals surface area contributed by atoms with Crippen LogP contribution in [0, 0.1) is 11.6 Å². The number of hydrogen-bond donors (Lipinski definition) is 2. The molecular formula is C7H8N2O3S. The van der Waals surface area contributed by atoms with Crippen LogP contribution in [0.4, 0.5) is 0 Å². The minimum atomic E-state index is -1.06. The van der Waals surface area contributed by atoms with Gasteiger partial charge in [0.05, 0.1) is 0 Å². The summed E-state index contributed by atoms with van der Waals surface area (Å²) in [5.41, 5.74) is 0.175. The number of aromatic amines is 1. The Morgan fingerprint density at radius 2 is 2.38 bits per heavy atom. The molecule has 5 nitrogen and oxygen atoms in total. The second kappa shape index (κ2) is 3.53. The zero-order valence-electron chi connectivity index (χ0n) is 6.90. The van der Waals surface area contributed by atoms with Crippen molar-refractivity contribution < 1.29 is 9.90 Å². The molecule has 2 N–H and O–H groups in total. The van der Waals surface area contributed by atoms with Gasteiger partial charge >= 0.3 is 11.7 Å². The maximum atomic E-state index is 11.1. The minimum Gasteiger partial charge on any atom is -0.480 e. The van der Waals surface area contributed by atoms with E-state index in [4.69, 9.17) is 17.3 Å². The van der Waals surface area contributed by atoms with Gasteiger partial charge in [0, 0.05) is 11.8 Å². The van der Waals surface area contributed by atoms with Crippen molar-refractivity contribution in [2.45, 2.75) is 13.5 Å². The number of nitrogens with zero attached hydrogens (tertiary/aromatic N) is 1. The average molecular weight is 200 g/mol. The zero-order chi connectivity index (χ0) is 10.0. The monoisotopic (exact) mass is 200 g/mol. The largest absolute Gasteiger partial charge is 0.480 e. The van der Waals surface area contributed by atoms with Gasteiger partial charge in [-0.1, -0.05) is 12.2 Å². The smallest absolute Gasteiger partial charge is 0.327 e.